The van der Waals surface area contributed by atoms with Crippen LogP contribution in [0.25, 0.3) is 0 Å². The third kappa shape index (κ3) is 6.41. The van der Waals surface area contributed by atoms with Gasteiger partial charge >= 0.3 is 0 Å². The molecule has 0 aliphatic heterocycles. The Bertz CT molecular complexity index is 813. The predicted molar refractivity (Wildman–Crippen MR) is 97.0 cm³/mol. The Hall–Kier alpha value is -2.03. The quantitative estimate of drug-likeness (QED) is 0.650. The van der Waals surface area contributed by atoms with Crippen LogP contribution in [-0.4, -0.2) is 26.7 Å². The van der Waals surface area contributed by atoms with Crippen LogP contribution < -0.4 is 10.5 Å². The Morgan fingerprint density at radius 3 is 2.40 bits per heavy atom. The van der Waals surface area contributed by atoms with Crippen LogP contribution in [0.3, 0.4) is 0 Å². The minimum Gasteiger partial charge on any atom is -0.356 e. The van der Waals surface area contributed by atoms with Crippen LogP contribution in [0.1, 0.15) is 34.5 Å². The van der Waals surface area contributed by atoms with Gasteiger partial charge in [0.05, 0.1) is 9.77 Å². The Kier molecular flexibility index (Phi) is 6.86. The van der Waals surface area contributed by atoms with Crippen molar-refractivity contribution in [3.63, 3.8) is 0 Å². The molecule has 0 unspecified atom stereocenters. The zero-order valence-corrected chi connectivity index (χ0v) is 15.2. The average Bonchev–Trinajstić information content (AvgIpc) is 3.09. The van der Waals surface area contributed by atoms with Crippen molar-refractivity contribution in [1.29, 1.82) is 0 Å². The van der Waals surface area contributed by atoms with E-state index in [0.29, 0.717) is 32.2 Å². The van der Waals surface area contributed by atoms with Crippen LogP contribution in [0.4, 0.5) is 0 Å². The summed E-state index contributed by atoms with van der Waals surface area (Å²) in [7, 11) is -3.68. The van der Waals surface area contributed by atoms with Gasteiger partial charge in [0.15, 0.2) is 5.78 Å². The molecular formula is C17H20N2O4S2. The van der Waals surface area contributed by atoms with Crippen LogP contribution in [0, 0.1) is 0 Å². The van der Waals surface area contributed by atoms with Gasteiger partial charge in [-0.2, -0.15) is 0 Å². The molecule has 0 radical (unpaired) electrons. The molecule has 1 aromatic carbocycles. The van der Waals surface area contributed by atoms with E-state index in [-0.39, 0.29) is 16.6 Å². The molecule has 2 aromatic rings. The lowest BCUT2D eigenvalue weighted by molar-refractivity contribution is -0.121. The Morgan fingerprint density at radius 1 is 1.08 bits per heavy atom. The SMILES string of the molecule is NS(=O)(=O)c1ccc(CCNC(=O)CCCC(=O)c2cccs2)cc1. The zero-order chi connectivity index (χ0) is 18.3. The van der Waals surface area contributed by atoms with Crippen LogP contribution in [0.15, 0.2) is 46.7 Å². The molecule has 0 saturated heterocycles. The van der Waals surface area contributed by atoms with E-state index in [1.54, 1.807) is 18.2 Å². The van der Waals surface area contributed by atoms with E-state index in [9.17, 15) is 18.0 Å². The van der Waals surface area contributed by atoms with Crippen LogP contribution in [0.5, 0.6) is 0 Å². The second kappa shape index (κ2) is 8.89. The molecule has 8 heteroatoms. The summed E-state index contributed by atoms with van der Waals surface area (Å²) in [6.07, 6.45) is 1.78. The van der Waals surface area contributed by atoms with E-state index in [1.807, 2.05) is 11.4 Å². The fourth-order valence-corrected chi connectivity index (χ4v) is 3.46. The molecule has 1 heterocycles. The van der Waals surface area contributed by atoms with Gasteiger partial charge in [-0.15, -0.1) is 11.3 Å². The van der Waals surface area contributed by atoms with Gasteiger partial charge in [0.1, 0.15) is 0 Å². The molecule has 2 rings (SSSR count). The molecule has 0 spiro atoms. The summed E-state index contributed by atoms with van der Waals surface area (Å²) in [6, 6.07) is 9.86. The Balaban J connectivity index is 1.66. The van der Waals surface area contributed by atoms with Gasteiger partial charge < -0.3 is 5.32 Å². The van der Waals surface area contributed by atoms with Crippen molar-refractivity contribution < 1.29 is 18.0 Å². The summed E-state index contributed by atoms with van der Waals surface area (Å²) in [4.78, 5) is 24.4. The second-order valence-corrected chi connectivity index (χ2v) is 8.05. The van der Waals surface area contributed by atoms with Crippen molar-refractivity contribution in [2.24, 2.45) is 5.14 Å². The molecule has 0 fully saturated rings. The smallest absolute Gasteiger partial charge is 0.238 e. The molecule has 134 valence electrons. The number of hydrogen-bond acceptors (Lipinski definition) is 5. The summed E-state index contributed by atoms with van der Waals surface area (Å²) in [5.41, 5.74) is 0.903. The Morgan fingerprint density at radius 2 is 1.80 bits per heavy atom. The fraction of sp³-hybridized carbons (Fsp3) is 0.294. The maximum Gasteiger partial charge on any atom is 0.238 e. The first-order chi connectivity index (χ1) is 11.9. The van der Waals surface area contributed by atoms with Crippen LogP contribution in [-0.2, 0) is 21.2 Å². The van der Waals surface area contributed by atoms with Crippen molar-refractivity contribution in [3.05, 3.63) is 52.2 Å². The monoisotopic (exact) mass is 380 g/mol. The highest BCUT2D eigenvalue weighted by Gasteiger charge is 2.09. The third-order valence-corrected chi connectivity index (χ3v) is 5.43. The number of amides is 1. The lowest BCUT2D eigenvalue weighted by atomic mass is 10.1. The summed E-state index contributed by atoms with van der Waals surface area (Å²) < 4.78 is 22.3. The number of carbonyl (C=O) groups excluding carboxylic acids is 2. The summed E-state index contributed by atoms with van der Waals surface area (Å²) in [5.74, 6) is -0.0297. The standard InChI is InChI=1S/C17H20N2O4S2/c18-25(22,23)14-8-6-13(7-9-14)10-11-19-17(21)5-1-3-15(20)16-4-2-12-24-16/h2,4,6-9,12H,1,3,5,10-11H2,(H,19,21)(H2,18,22,23). The maximum absolute atomic E-state index is 11.8. The zero-order valence-electron chi connectivity index (χ0n) is 13.6. The molecule has 6 nitrogen and oxygen atoms in total. The predicted octanol–water partition coefficient (Wildman–Crippen LogP) is 2.11. The number of nitrogens with one attached hydrogen (secondary N) is 1. The van der Waals surface area contributed by atoms with E-state index >= 15 is 0 Å². The third-order valence-electron chi connectivity index (χ3n) is 3.59. The molecule has 3 N–H and O–H groups in total. The molecule has 1 amide bonds. The largest absolute Gasteiger partial charge is 0.356 e. The van der Waals surface area contributed by atoms with Crippen molar-refractivity contribution in [3.8, 4) is 0 Å². The summed E-state index contributed by atoms with van der Waals surface area (Å²) in [6.45, 7) is 0.451. The number of nitrogens with two attached hydrogens (primary N) is 1. The minimum atomic E-state index is -3.68. The number of carbonyl (C=O) groups is 2. The van der Waals surface area contributed by atoms with Crippen molar-refractivity contribution >= 4 is 33.1 Å². The van der Waals surface area contributed by atoms with Crippen LogP contribution >= 0.6 is 11.3 Å². The number of benzene rings is 1. The Labute approximate surface area is 151 Å². The molecular weight excluding hydrogens is 360 g/mol. The van der Waals surface area contributed by atoms with Gasteiger partial charge in [0, 0.05) is 19.4 Å². The number of Topliss-reactive ketones (excluding diaryl/α,β-unsaturated/α-hetero) is 1. The molecule has 25 heavy (non-hydrogen) atoms. The number of sulfonamides is 1. The van der Waals surface area contributed by atoms with E-state index in [2.05, 4.69) is 5.32 Å². The van der Waals surface area contributed by atoms with E-state index < -0.39 is 10.0 Å². The highest BCUT2D eigenvalue weighted by Crippen LogP contribution is 2.13. The molecule has 0 aliphatic carbocycles. The molecule has 0 aliphatic rings. The van der Waals surface area contributed by atoms with E-state index in [4.69, 9.17) is 5.14 Å². The normalized spacial score (nSPS) is 11.2. The summed E-state index contributed by atoms with van der Waals surface area (Å²) >= 11 is 1.41. The summed E-state index contributed by atoms with van der Waals surface area (Å²) in [5, 5.41) is 9.69. The van der Waals surface area contributed by atoms with E-state index in [1.165, 1.54) is 23.5 Å². The van der Waals surface area contributed by atoms with Crippen molar-refractivity contribution in [2.75, 3.05) is 6.54 Å². The topological polar surface area (TPSA) is 106 Å². The lowest BCUT2D eigenvalue weighted by Crippen LogP contribution is -2.25. The van der Waals surface area contributed by atoms with Crippen molar-refractivity contribution in [1.82, 2.24) is 5.32 Å². The molecule has 0 saturated carbocycles. The number of rotatable bonds is 9. The number of hydrogen-bond donors (Lipinski definition) is 2. The van der Waals surface area contributed by atoms with Gasteiger partial charge in [-0.25, -0.2) is 13.6 Å². The maximum atomic E-state index is 11.8. The lowest BCUT2D eigenvalue weighted by Gasteiger charge is -2.06. The van der Waals surface area contributed by atoms with Gasteiger partial charge in [-0.3, -0.25) is 9.59 Å². The van der Waals surface area contributed by atoms with Gasteiger partial charge in [0.25, 0.3) is 0 Å². The van der Waals surface area contributed by atoms with E-state index in [0.717, 1.165) is 10.4 Å². The molecule has 0 bridgehead atoms. The van der Waals surface area contributed by atoms with Crippen LogP contribution in [0.2, 0.25) is 0 Å². The van der Waals surface area contributed by atoms with Gasteiger partial charge in [-0.05, 0) is 42.0 Å². The number of primary sulfonamides is 1. The number of thiophene rings is 1. The first kappa shape index (κ1) is 19.3. The first-order valence-corrected chi connectivity index (χ1v) is 10.2. The second-order valence-electron chi connectivity index (χ2n) is 5.54. The molecule has 0 atom stereocenters. The number of ketones is 1. The highest BCUT2D eigenvalue weighted by atomic mass is 32.2. The van der Waals surface area contributed by atoms with Gasteiger partial charge in [-0.1, -0.05) is 18.2 Å². The van der Waals surface area contributed by atoms with Crippen molar-refractivity contribution in [2.45, 2.75) is 30.6 Å². The highest BCUT2D eigenvalue weighted by molar-refractivity contribution is 7.89. The average molecular weight is 380 g/mol. The first-order valence-electron chi connectivity index (χ1n) is 7.81. The minimum absolute atomic E-state index is 0.0655. The van der Waals surface area contributed by atoms with Gasteiger partial charge in [0.2, 0.25) is 15.9 Å². The fourth-order valence-electron chi connectivity index (χ4n) is 2.25. The molecule has 1 aromatic heterocycles.